The van der Waals surface area contributed by atoms with Gasteiger partial charge in [0.05, 0.1) is 6.54 Å². The maximum absolute atomic E-state index is 12.6. The number of amides is 2. The van der Waals surface area contributed by atoms with Gasteiger partial charge in [-0.3, -0.25) is 0 Å². The Morgan fingerprint density at radius 3 is 2.96 bits per heavy atom. The second-order valence-corrected chi connectivity index (χ2v) is 7.33. The fourth-order valence-corrected chi connectivity index (χ4v) is 3.68. The minimum absolute atomic E-state index is 0.0320. The molecule has 6 heteroatoms. The molecular weight excluding hydrogens is 308 g/mol. The monoisotopic (exact) mass is 330 g/mol. The highest BCUT2D eigenvalue weighted by Gasteiger charge is 2.26. The first-order valence-corrected chi connectivity index (χ1v) is 8.61. The van der Waals surface area contributed by atoms with Gasteiger partial charge in [0.2, 0.25) is 0 Å². The van der Waals surface area contributed by atoms with E-state index in [9.17, 15) is 4.79 Å². The highest BCUT2D eigenvalue weighted by molar-refractivity contribution is 7.11. The smallest absolute Gasteiger partial charge is 0.318 e. The normalized spacial score (nSPS) is 17.6. The standard InChI is InChI=1S/C17H22N4OS/c1-12-10-20(3)15-7-5-4-6-14(15)11-21(12)17(22)19-9-16-18-8-13(2)23-16/h4-8,12H,9-11H2,1-3H3,(H,19,22)/t12-/m1/s1. The number of nitrogens with one attached hydrogen (secondary N) is 1. The van der Waals surface area contributed by atoms with Gasteiger partial charge in [-0.25, -0.2) is 9.78 Å². The highest BCUT2D eigenvalue weighted by atomic mass is 32.1. The van der Waals surface area contributed by atoms with Crippen molar-refractivity contribution in [3.63, 3.8) is 0 Å². The van der Waals surface area contributed by atoms with Crippen molar-refractivity contribution in [1.82, 2.24) is 15.2 Å². The van der Waals surface area contributed by atoms with Crippen LogP contribution < -0.4 is 10.2 Å². The van der Waals surface area contributed by atoms with Crippen LogP contribution in [0.5, 0.6) is 0 Å². The predicted molar refractivity (Wildman–Crippen MR) is 93.8 cm³/mol. The van der Waals surface area contributed by atoms with Gasteiger partial charge in [0.15, 0.2) is 0 Å². The van der Waals surface area contributed by atoms with Crippen LogP contribution in [0.1, 0.15) is 22.4 Å². The maximum Gasteiger partial charge on any atom is 0.318 e. The zero-order valence-electron chi connectivity index (χ0n) is 13.7. The van der Waals surface area contributed by atoms with E-state index in [0.29, 0.717) is 13.1 Å². The third-order valence-electron chi connectivity index (χ3n) is 4.13. The van der Waals surface area contributed by atoms with Gasteiger partial charge in [0, 0.05) is 42.9 Å². The number of hydrogen-bond acceptors (Lipinski definition) is 4. The molecular formula is C17H22N4OS. The number of benzene rings is 1. The summed E-state index contributed by atoms with van der Waals surface area (Å²) >= 11 is 1.62. The van der Waals surface area contributed by atoms with Crippen molar-refractivity contribution >= 4 is 23.1 Å². The number of aromatic nitrogens is 1. The Bertz CT molecular complexity index is 699. The van der Waals surface area contributed by atoms with E-state index in [-0.39, 0.29) is 12.1 Å². The van der Waals surface area contributed by atoms with Crippen molar-refractivity contribution in [2.24, 2.45) is 0 Å². The molecule has 1 aliphatic rings. The summed E-state index contributed by atoms with van der Waals surface area (Å²) in [4.78, 5) is 22.2. The van der Waals surface area contributed by atoms with E-state index in [1.54, 1.807) is 11.3 Å². The minimum atomic E-state index is -0.0320. The molecule has 0 unspecified atom stereocenters. The van der Waals surface area contributed by atoms with Crippen molar-refractivity contribution in [1.29, 1.82) is 0 Å². The van der Waals surface area contributed by atoms with Gasteiger partial charge < -0.3 is 15.1 Å². The van der Waals surface area contributed by atoms with Gasteiger partial charge in [0.1, 0.15) is 5.01 Å². The number of anilines is 1. The van der Waals surface area contributed by atoms with Crippen LogP contribution in [-0.4, -0.2) is 35.5 Å². The molecule has 1 N–H and O–H groups in total. The van der Waals surface area contributed by atoms with Crippen LogP contribution in [0.25, 0.3) is 0 Å². The van der Waals surface area contributed by atoms with Crippen LogP contribution in [0.3, 0.4) is 0 Å². The second-order valence-electron chi connectivity index (χ2n) is 6.01. The number of likely N-dealkylation sites (N-methyl/N-ethyl adjacent to an activating group) is 1. The van der Waals surface area contributed by atoms with Gasteiger partial charge in [-0.2, -0.15) is 0 Å². The molecule has 2 amide bonds. The summed E-state index contributed by atoms with van der Waals surface area (Å²) in [5.41, 5.74) is 2.38. The first kappa shape index (κ1) is 15.8. The van der Waals surface area contributed by atoms with Crippen LogP contribution in [0.4, 0.5) is 10.5 Å². The predicted octanol–water partition coefficient (Wildman–Crippen LogP) is 3.00. The van der Waals surface area contributed by atoms with Crippen LogP contribution in [-0.2, 0) is 13.1 Å². The molecule has 0 radical (unpaired) electrons. The largest absolute Gasteiger partial charge is 0.372 e. The number of aryl methyl sites for hydroxylation is 1. The zero-order valence-corrected chi connectivity index (χ0v) is 14.6. The van der Waals surface area contributed by atoms with Crippen molar-refractivity contribution < 1.29 is 4.79 Å². The van der Waals surface area contributed by atoms with Crippen molar-refractivity contribution in [3.8, 4) is 0 Å². The van der Waals surface area contributed by atoms with E-state index in [2.05, 4.69) is 41.3 Å². The summed E-state index contributed by atoms with van der Waals surface area (Å²) in [6.07, 6.45) is 1.84. The third-order valence-corrected chi connectivity index (χ3v) is 5.05. The number of hydrogen-bond donors (Lipinski definition) is 1. The molecule has 0 saturated heterocycles. The summed E-state index contributed by atoms with van der Waals surface area (Å²) < 4.78 is 0. The Morgan fingerprint density at radius 1 is 1.43 bits per heavy atom. The molecule has 3 rings (SSSR count). The van der Waals surface area contributed by atoms with Crippen molar-refractivity contribution in [2.45, 2.75) is 33.0 Å². The van der Waals surface area contributed by atoms with Crippen LogP contribution in [0.2, 0.25) is 0 Å². The topological polar surface area (TPSA) is 48.5 Å². The molecule has 0 spiro atoms. The number of carbonyl (C=O) groups excluding carboxylic acids is 1. The zero-order chi connectivity index (χ0) is 16.4. The average Bonchev–Trinajstić information content (AvgIpc) is 2.90. The summed E-state index contributed by atoms with van der Waals surface area (Å²) in [5.74, 6) is 0. The van der Waals surface area contributed by atoms with Crippen molar-refractivity contribution in [3.05, 3.63) is 45.9 Å². The Morgan fingerprint density at radius 2 is 2.22 bits per heavy atom. The van der Waals surface area contributed by atoms with E-state index >= 15 is 0 Å². The third kappa shape index (κ3) is 3.47. The van der Waals surface area contributed by atoms with Crippen LogP contribution in [0.15, 0.2) is 30.5 Å². The van der Waals surface area contributed by atoms with E-state index < -0.39 is 0 Å². The van der Waals surface area contributed by atoms with E-state index in [1.807, 2.05) is 30.2 Å². The van der Waals surface area contributed by atoms with Gasteiger partial charge in [-0.1, -0.05) is 18.2 Å². The maximum atomic E-state index is 12.6. The van der Waals surface area contributed by atoms with Gasteiger partial charge in [-0.05, 0) is 25.5 Å². The molecule has 0 fully saturated rings. The van der Waals surface area contributed by atoms with Crippen LogP contribution in [0, 0.1) is 6.92 Å². The number of rotatable bonds is 2. The molecule has 0 bridgehead atoms. The van der Waals surface area contributed by atoms with Gasteiger partial charge >= 0.3 is 6.03 Å². The minimum Gasteiger partial charge on any atom is -0.372 e. The Hall–Kier alpha value is -2.08. The lowest BCUT2D eigenvalue weighted by Crippen LogP contribution is -2.46. The number of carbonyl (C=O) groups is 1. The average molecular weight is 330 g/mol. The van der Waals surface area contributed by atoms with Gasteiger partial charge in [-0.15, -0.1) is 11.3 Å². The van der Waals surface area contributed by atoms with E-state index in [0.717, 1.165) is 16.4 Å². The molecule has 23 heavy (non-hydrogen) atoms. The quantitative estimate of drug-likeness (QED) is 0.921. The number of para-hydroxylation sites is 1. The summed E-state index contributed by atoms with van der Waals surface area (Å²) in [6, 6.07) is 8.38. The number of nitrogens with zero attached hydrogens (tertiary/aromatic N) is 3. The Labute approximate surface area is 140 Å². The lowest BCUT2D eigenvalue weighted by molar-refractivity contribution is 0.178. The molecule has 2 heterocycles. The molecule has 1 aromatic carbocycles. The molecule has 5 nitrogen and oxygen atoms in total. The fourth-order valence-electron chi connectivity index (χ4n) is 2.96. The lowest BCUT2D eigenvalue weighted by Gasteiger charge is -2.28. The summed E-state index contributed by atoms with van der Waals surface area (Å²) in [7, 11) is 2.08. The number of fused-ring (bicyclic) bond motifs is 1. The van der Waals surface area contributed by atoms with Gasteiger partial charge in [0.25, 0.3) is 0 Å². The lowest BCUT2D eigenvalue weighted by atomic mass is 10.1. The molecule has 122 valence electrons. The molecule has 1 aliphatic heterocycles. The Balaban J connectivity index is 1.72. The number of urea groups is 1. The molecule has 1 aromatic heterocycles. The van der Waals surface area contributed by atoms with E-state index in [4.69, 9.17) is 0 Å². The van der Waals surface area contributed by atoms with E-state index in [1.165, 1.54) is 11.3 Å². The number of thiazole rings is 1. The molecule has 0 saturated carbocycles. The summed E-state index contributed by atoms with van der Waals surface area (Å²) in [6.45, 7) is 6.05. The fraction of sp³-hybridized carbons (Fsp3) is 0.412. The van der Waals surface area contributed by atoms with Crippen LogP contribution >= 0.6 is 11.3 Å². The summed E-state index contributed by atoms with van der Waals surface area (Å²) in [5, 5.41) is 3.94. The molecule has 1 atom stereocenters. The first-order valence-electron chi connectivity index (χ1n) is 7.79. The first-order chi connectivity index (χ1) is 11.0. The molecule has 2 aromatic rings. The van der Waals surface area contributed by atoms with Crippen molar-refractivity contribution in [2.75, 3.05) is 18.5 Å². The second kappa shape index (κ2) is 6.58. The highest BCUT2D eigenvalue weighted by Crippen LogP contribution is 2.26. The SMILES string of the molecule is Cc1cnc(CNC(=O)N2Cc3ccccc3N(C)C[C@H]2C)s1. The Kier molecular flexibility index (Phi) is 4.52. The molecule has 0 aliphatic carbocycles.